The summed E-state index contributed by atoms with van der Waals surface area (Å²) < 4.78 is 1.99. The van der Waals surface area contributed by atoms with Gasteiger partial charge in [-0.15, -0.1) is 0 Å². The minimum Gasteiger partial charge on any atom is -0.395 e. The highest BCUT2D eigenvalue weighted by Crippen LogP contribution is 2.05. The Kier molecular flexibility index (Phi) is 5.49. The Balaban J connectivity index is 2.50. The molecule has 4 nitrogen and oxygen atoms in total. The van der Waals surface area contributed by atoms with Crippen molar-refractivity contribution >= 4 is 0 Å². The van der Waals surface area contributed by atoms with E-state index in [1.165, 1.54) is 5.56 Å². The molecule has 1 aromatic rings. The summed E-state index contributed by atoms with van der Waals surface area (Å²) in [6, 6.07) is 0. The Bertz CT molecular complexity index is 296. The van der Waals surface area contributed by atoms with Crippen LogP contribution in [0.4, 0.5) is 0 Å². The molecule has 0 aliphatic rings. The second-order valence-electron chi connectivity index (χ2n) is 4.56. The molecule has 0 aliphatic carbocycles. The van der Waals surface area contributed by atoms with E-state index >= 15 is 0 Å². The van der Waals surface area contributed by atoms with Crippen LogP contribution < -0.4 is 0 Å². The van der Waals surface area contributed by atoms with Crippen LogP contribution in [0.1, 0.15) is 26.3 Å². The van der Waals surface area contributed by atoms with Crippen LogP contribution in [0.15, 0.2) is 12.4 Å². The third kappa shape index (κ3) is 4.33. The van der Waals surface area contributed by atoms with E-state index < -0.39 is 0 Å². The summed E-state index contributed by atoms with van der Waals surface area (Å²) in [5.41, 5.74) is 1.22. The third-order valence-corrected chi connectivity index (χ3v) is 2.51. The van der Waals surface area contributed by atoms with Gasteiger partial charge in [-0.3, -0.25) is 9.58 Å². The van der Waals surface area contributed by atoms with Gasteiger partial charge < -0.3 is 5.11 Å². The highest BCUT2D eigenvalue weighted by atomic mass is 16.3. The van der Waals surface area contributed by atoms with Crippen LogP contribution in [-0.4, -0.2) is 39.5 Å². The fourth-order valence-electron chi connectivity index (χ4n) is 1.71. The highest BCUT2D eigenvalue weighted by molar-refractivity contribution is 5.03. The van der Waals surface area contributed by atoms with Crippen LogP contribution in [0.5, 0.6) is 0 Å². The second-order valence-corrected chi connectivity index (χ2v) is 4.56. The number of hydrogen-bond donors (Lipinski definition) is 1. The maximum atomic E-state index is 8.91. The lowest BCUT2D eigenvalue weighted by Crippen LogP contribution is -2.25. The van der Waals surface area contributed by atoms with Crippen LogP contribution in [0, 0.1) is 5.92 Å². The average molecular weight is 225 g/mol. The molecule has 1 aromatic heterocycles. The van der Waals surface area contributed by atoms with Gasteiger partial charge in [0.2, 0.25) is 0 Å². The topological polar surface area (TPSA) is 41.3 Å². The van der Waals surface area contributed by atoms with Gasteiger partial charge >= 0.3 is 0 Å². The van der Waals surface area contributed by atoms with Crippen molar-refractivity contribution in [2.24, 2.45) is 5.92 Å². The van der Waals surface area contributed by atoms with Crippen molar-refractivity contribution in [2.75, 3.05) is 19.7 Å². The lowest BCUT2D eigenvalue weighted by Gasteiger charge is -2.17. The molecule has 0 saturated carbocycles. The number of aliphatic hydroxyl groups excluding tert-OH is 1. The van der Waals surface area contributed by atoms with E-state index in [-0.39, 0.29) is 6.61 Å². The monoisotopic (exact) mass is 225 g/mol. The van der Waals surface area contributed by atoms with E-state index in [1.807, 2.05) is 10.9 Å². The van der Waals surface area contributed by atoms with Gasteiger partial charge in [0.15, 0.2) is 0 Å². The molecule has 0 aliphatic heterocycles. The maximum absolute atomic E-state index is 8.91. The number of rotatable bonds is 7. The lowest BCUT2D eigenvalue weighted by molar-refractivity contribution is 0.197. The molecule has 0 spiro atoms. The molecule has 0 saturated heterocycles. The Hall–Kier alpha value is -0.870. The minimum atomic E-state index is 0.216. The molecule has 0 bridgehead atoms. The van der Waals surface area contributed by atoms with Gasteiger partial charge in [0.25, 0.3) is 0 Å². The lowest BCUT2D eigenvalue weighted by atomic mass is 10.2. The van der Waals surface area contributed by atoms with Gasteiger partial charge in [-0.25, -0.2) is 0 Å². The van der Waals surface area contributed by atoms with Gasteiger partial charge in [-0.05, 0) is 12.5 Å². The number of nitrogens with zero attached hydrogens (tertiary/aromatic N) is 3. The first kappa shape index (κ1) is 13.2. The Morgan fingerprint density at radius 3 is 2.81 bits per heavy atom. The molecule has 0 amide bonds. The normalized spacial score (nSPS) is 11.6. The zero-order valence-electron chi connectivity index (χ0n) is 10.6. The Morgan fingerprint density at radius 1 is 1.50 bits per heavy atom. The zero-order valence-corrected chi connectivity index (χ0v) is 10.6. The number of likely N-dealkylation sites (N-methyl/N-ethyl adjacent to an activating group) is 1. The highest BCUT2D eigenvalue weighted by Gasteiger charge is 2.05. The molecular weight excluding hydrogens is 202 g/mol. The number of aliphatic hydroxyl groups is 1. The first-order chi connectivity index (χ1) is 7.65. The molecule has 1 N–H and O–H groups in total. The predicted octanol–water partition coefficient (Wildman–Crippen LogP) is 1.35. The van der Waals surface area contributed by atoms with Crippen molar-refractivity contribution < 1.29 is 5.11 Å². The van der Waals surface area contributed by atoms with Gasteiger partial charge in [-0.2, -0.15) is 5.10 Å². The third-order valence-electron chi connectivity index (χ3n) is 2.51. The molecule has 0 radical (unpaired) electrons. The first-order valence-electron chi connectivity index (χ1n) is 6.00. The van der Waals surface area contributed by atoms with Crippen molar-refractivity contribution in [2.45, 2.75) is 33.9 Å². The van der Waals surface area contributed by atoms with Crippen LogP contribution >= 0.6 is 0 Å². The fraction of sp³-hybridized carbons (Fsp3) is 0.750. The van der Waals surface area contributed by atoms with Crippen molar-refractivity contribution in [3.63, 3.8) is 0 Å². The smallest absolute Gasteiger partial charge is 0.0558 e. The summed E-state index contributed by atoms with van der Waals surface area (Å²) in [5, 5.41) is 13.2. The maximum Gasteiger partial charge on any atom is 0.0558 e. The zero-order chi connectivity index (χ0) is 12.0. The molecule has 0 atom stereocenters. The second kappa shape index (κ2) is 6.66. The van der Waals surface area contributed by atoms with Gasteiger partial charge in [0.1, 0.15) is 0 Å². The molecule has 1 rings (SSSR count). The van der Waals surface area contributed by atoms with Crippen molar-refractivity contribution in [1.29, 1.82) is 0 Å². The summed E-state index contributed by atoms with van der Waals surface area (Å²) in [5.74, 6) is 0.618. The number of aromatic nitrogens is 2. The van der Waals surface area contributed by atoms with E-state index in [2.05, 4.69) is 37.0 Å². The van der Waals surface area contributed by atoms with Crippen LogP contribution in [-0.2, 0) is 13.1 Å². The Labute approximate surface area is 97.9 Å². The van der Waals surface area contributed by atoms with Gasteiger partial charge in [-0.1, -0.05) is 20.8 Å². The molecule has 16 heavy (non-hydrogen) atoms. The summed E-state index contributed by atoms with van der Waals surface area (Å²) in [6.45, 7) is 10.2. The van der Waals surface area contributed by atoms with Crippen molar-refractivity contribution in [3.8, 4) is 0 Å². The standard InChI is InChI=1S/C12H23N3O/c1-4-14(5-6-16)9-12-7-13-15(10-12)8-11(2)3/h7,10-11,16H,4-6,8-9H2,1-3H3. The first-order valence-corrected chi connectivity index (χ1v) is 6.00. The predicted molar refractivity (Wildman–Crippen MR) is 65.1 cm³/mol. The molecule has 4 heteroatoms. The summed E-state index contributed by atoms with van der Waals surface area (Å²) in [4.78, 5) is 2.21. The summed E-state index contributed by atoms with van der Waals surface area (Å²) in [6.07, 6.45) is 4.02. The average Bonchev–Trinajstić information content (AvgIpc) is 2.64. The summed E-state index contributed by atoms with van der Waals surface area (Å²) in [7, 11) is 0. The molecular formula is C12H23N3O. The van der Waals surface area contributed by atoms with E-state index in [0.29, 0.717) is 5.92 Å². The van der Waals surface area contributed by atoms with Crippen LogP contribution in [0.25, 0.3) is 0 Å². The SMILES string of the molecule is CCN(CCO)Cc1cnn(CC(C)C)c1. The van der Waals surface area contributed by atoms with Crippen LogP contribution in [0.3, 0.4) is 0 Å². The van der Waals surface area contributed by atoms with Gasteiger partial charge in [0.05, 0.1) is 12.8 Å². The van der Waals surface area contributed by atoms with Crippen LogP contribution in [0.2, 0.25) is 0 Å². The number of hydrogen-bond acceptors (Lipinski definition) is 3. The van der Waals surface area contributed by atoms with Crippen molar-refractivity contribution in [1.82, 2.24) is 14.7 Å². The van der Waals surface area contributed by atoms with Gasteiger partial charge in [0, 0.05) is 31.4 Å². The van der Waals surface area contributed by atoms with E-state index in [9.17, 15) is 0 Å². The fourth-order valence-corrected chi connectivity index (χ4v) is 1.71. The van der Waals surface area contributed by atoms with E-state index in [0.717, 1.165) is 26.2 Å². The molecule has 0 unspecified atom stereocenters. The quantitative estimate of drug-likeness (QED) is 0.761. The molecule has 92 valence electrons. The Morgan fingerprint density at radius 2 is 2.25 bits per heavy atom. The molecule has 0 fully saturated rings. The minimum absolute atomic E-state index is 0.216. The van der Waals surface area contributed by atoms with E-state index in [4.69, 9.17) is 5.11 Å². The molecule has 0 aromatic carbocycles. The summed E-state index contributed by atoms with van der Waals surface area (Å²) >= 11 is 0. The van der Waals surface area contributed by atoms with Crippen molar-refractivity contribution in [3.05, 3.63) is 18.0 Å². The molecule has 1 heterocycles. The van der Waals surface area contributed by atoms with E-state index in [1.54, 1.807) is 0 Å². The largest absolute Gasteiger partial charge is 0.395 e.